The van der Waals surface area contributed by atoms with Crippen LogP contribution in [0.4, 0.5) is 0 Å². The predicted octanol–water partition coefficient (Wildman–Crippen LogP) is 1.34. The molecule has 94 valence electrons. The van der Waals surface area contributed by atoms with Gasteiger partial charge in [0.25, 0.3) is 0 Å². The smallest absolute Gasteiger partial charge is 0.0550 e. The Morgan fingerprint density at radius 3 is 2.50 bits per heavy atom. The fourth-order valence-electron chi connectivity index (χ4n) is 2.75. The maximum Gasteiger partial charge on any atom is 0.0550 e. The van der Waals surface area contributed by atoms with Crippen molar-refractivity contribution in [3.63, 3.8) is 0 Å². The molecule has 0 aliphatic carbocycles. The van der Waals surface area contributed by atoms with Gasteiger partial charge < -0.3 is 15.0 Å². The molecule has 2 fully saturated rings. The van der Waals surface area contributed by atoms with Crippen LogP contribution in [0.25, 0.3) is 0 Å². The maximum atomic E-state index is 5.50. The third kappa shape index (κ3) is 2.13. The van der Waals surface area contributed by atoms with E-state index in [1.807, 2.05) is 0 Å². The molecule has 2 aliphatic heterocycles. The first-order valence-corrected chi connectivity index (χ1v) is 6.43. The minimum Gasteiger partial charge on any atom is -0.380 e. The average molecular weight is 226 g/mol. The monoisotopic (exact) mass is 226 g/mol. The molecule has 0 saturated carbocycles. The van der Waals surface area contributed by atoms with Crippen LogP contribution in [0.15, 0.2) is 0 Å². The van der Waals surface area contributed by atoms with Crippen molar-refractivity contribution in [1.82, 2.24) is 10.2 Å². The summed E-state index contributed by atoms with van der Waals surface area (Å²) in [6, 6.07) is 0.678. The number of nitrogens with zero attached hydrogens (tertiary/aromatic N) is 1. The Balaban J connectivity index is 2.01. The summed E-state index contributed by atoms with van der Waals surface area (Å²) in [4.78, 5) is 2.50. The quantitative estimate of drug-likeness (QED) is 0.769. The number of hydrogen-bond acceptors (Lipinski definition) is 3. The first-order chi connectivity index (χ1) is 7.45. The van der Waals surface area contributed by atoms with Crippen LogP contribution in [0, 0.1) is 10.8 Å². The molecular weight excluding hydrogens is 200 g/mol. The van der Waals surface area contributed by atoms with Crippen LogP contribution < -0.4 is 5.32 Å². The molecule has 2 rings (SSSR count). The summed E-state index contributed by atoms with van der Waals surface area (Å²) in [7, 11) is 2.25. The highest BCUT2D eigenvalue weighted by atomic mass is 16.5. The molecule has 3 nitrogen and oxygen atoms in total. The molecule has 0 aromatic rings. The topological polar surface area (TPSA) is 24.5 Å². The molecule has 0 aromatic heterocycles. The lowest BCUT2D eigenvalue weighted by Gasteiger charge is -2.54. The van der Waals surface area contributed by atoms with E-state index in [-0.39, 0.29) is 0 Å². The van der Waals surface area contributed by atoms with E-state index >= 15 is 0 Å². The van der Waals surface area contributed by atoms with Crippen LogP contribution >= 0.6 is 0 Å². The highest BCUT2D eigenvalue weighted by Crippen LogP contribution is 2.48. The van der Waals surface area contributed by atoms with E-state index in [0.29, 0.717) is 16.9 Å². The second-order valence-electron chi connectivity index (χ2n) is 6.57. The van der Waals surface area contributed by atoms with E-state index in [9.17, 15) is 0 Å². The molecule has 0 amide bonds. The van der Waals surface area contributed by atoms with Gasteiger partial charge in [0, 0.05) is 31.1 Å². The molecule has 0 radical (unpaired) electrons. The molecule has 0 bridgehead atoms. The Bertz CT molecular complexity index is 243. The number of rotatable bonds is 2. The summed E-state index contributed by atoms with van der Waals surface area (Å²) in [6.07, 6.45) is 1.26. The van der Waals surface area contributed by atoms with Crippen molar-refractivity contribution in [2.75, 3.05) is 39.9 Å². The Labute approximate surface area is 99.5 Å². The SMILES string of the molecule is CN1CCNCC1CC1(C(C)(C)C)COC1. The maximum absolute atomic E-state index is 5.50. The van der Waals surface area contributed by atoms with Crippen LogP contribution in [-0.2, 0) is 4.74 Å². The highest BCUT2D eigenvalue weighted by molar-refractivity contribution is 4.99. The number of likely N-dealkylation sites (N-methyl/N-ethyl adjacent to an activating group) is 1. The normalized spacial score (nSPS) is 31.1. The van der Waals surface area contributed by atoms with Crippen LogP contribution in [-0.4, -0.2) is 50.8 Å². The zero-order chi connectivity index (χ0) is 11.8. The van der Waals surface area contributed by atoms with Gasteiger partial charge in [0.2, 0.25) is 0 Å². The second-order valence-corrected chi connectivity index (χ2v) is 6.57. The fourth-order valence-corrected chi connectivity index (χ4v) is 2.75. The Kier molecular flexibility index (Phi) is 3.30. The molecule has 2 saturated heterocycles. The molecule has 3 heteroatoms. The van der Waals surface area contributed by atoms with E-state index in [1.54, 1.807) is 0 Å². The lowest BCUT2D eigenvalue weighted by atomic mass is 9.62. The van der Waals surface area contributed by atoms with Gasteiger partial charge in [-0.2, -0.15) is 0 Å². The van der Waals surface area contributed by atoms with Crippen molar-refractivity contribution in [3.8, 4) is 0 Å². The first kappa shape index (κ1) is 12.3. The molecule has 16 heavy (non-hydrogen) atoms. The van der Waals surface area contributed by atoms with Crippen molar-refractivity contribution < 1.29 is 4.74 Å². The van der Waals surface area contributed by atoms with Gasteiger partial charge in [0.15, 0.2) is 0 Å². The van der Waals surface area contributed by atoms with Gasteiger partial charge in [-0.15, -0.1) is 0 Å². The van der Waals surface area contributed by atoms with Gasteiger partial charge >= 0.3 is 0 Å². The van der Waals surface area contributed by atoms with Crippen molar-refractivity contribution in [3.05, 3.63) is 0 Å². The molecule has 0 spiro atoms. The molecule has 1 N–H and O–H groups in total. The van der Waals surface area contributed by atoms with Crippen LogP contribution in [0.2, 0.25) is 0 Å². The summed E-state index contributed by atoms with van der Waals surface area (Å²) in [5.74, 6) is 0. The van der Waals surface area contributed by atoms with Crippen molar-refractivity contribution >= 4 is 0 Å². The van der Waals surface area contributed by atoms with E-state index < -0.39 is 0 Å². The molecule has 0 aromatic carbocycles. The standard InChI is InChI=1S/C13H26N2O/c1-12(2,3)13(9-16-10-13)7-11-8-14-5-6-15(11)4/h11,14H,5-10H2,1-4H3. The van der Waals surface area contributed by atoms with Gasteiger partial charge in [-0.1, -0.05) is 20.8 Å². The summed E-state index contributed by atoms with van der Waals surface area (Å²) in [5.41, 5.74) is 0.745. The van der Waals surface area contributed by atoms with Gasteiger partial charge in [-0.05, 0) is 18.9 Å². The lowest BCUT2D eigenvalue weighted by molar-refractivity contribution is -0.182. The van der Waals surface area contributed by atoms with Gasteiger partial charge in [0.1, 0.15) is 0 Å². The van der Waals surface area contributed by atoms with Crippen molar-refractivity contribution in [2.45, 2.75) is 33.2 Å². The third-order valence-corrected chi connectivity index (χ3v) is 4.62. The van der Waals surface area contributed by atoms with Gasteiger partial charge in [-0.25, -0.2) is 0 Å². The molecule has 1 atom stereocenters. The lowest BCUT2D eigenvalue weighted by Crippen LogP contribution is -2.58. The molecular formula is C13H26N2O. The highest BCUT2D eigenvalue weighted by Gasteiger charge is 2.49. The average Bonchev–Trinajstić information content (AvgIpc) is 2.11. The molecule has 1 unspecified atom stereocenters. The Morgan fingerprint density at radius 1 is 1.38 bits per heavy atom. The number of piperazine rings is 1. The van der Waals surface area contributed by atoms with Gasteiger partial charge in [-0.3, -0.25) is 0 Å². The van der Waals surface area contributed by atoms with Crippen LogP contribution in [0.3, 0.4) is 0 Å². The second kappa shape index (κ2) is 4.28. The molecule has 2 heterocycles. The van der Waals surface area contributed by atoms with E-state index in [2.05, 4.69) is 38.0 Å². The Hall–Kier alpha value is -0.120. The third-order valence-electron chi connectivity index (χ3n) is 4.62. The number of ether oxygens (including phenoxy) is 1. The van der Waals surface area contributed by atoms with E-state index in [1.165, 1.54) is 13.0 Å². The van der Waals surface area contributed by atoms with E-state index in [0.717, 1.165) is 26.3 Å². The Morgan fingerprint density at radius 2 is 2.06 bits per heavy atom. The number of hydrogen-bond donors (Lipinski definition) is 1. The van der Waals surface area contributed by atoms with Crippen molar-refractivity contribution in [1.29, 1.82) is 0 Å². The van der Waals surface area contributed by atoms with Crippen molar-refractivity contribution in [2.24, 2.45) is 10.8 Å². The zero-order valence-electron chi connectivity index (χ0n) is 11.2. The largest absolute Gasteiger partial charge is 0.380 e. The van der Waals surface area contributed by atoms with Gasteiger partial charge in [0.05, 0.1) is 13.2 Å². The van der Waals surface area contributed by atoms with Crippen LogP contribution in [0.5, 0.6) is 0 Å². The number of nitrogens with one attached hydrogen (secondary N) is 1. The minimum atomic E-state index is 0.351. The zero-order valence-corrected chi connectivity index (χ0v) is 11.2. The molecule has 2 aliphatic rings. The summed E-state index contributed by atoms with van der Waals surface area (Å²) >= 11 is 0. The summed E-state index contributed by atoms with van der Waals surface area (Å²) < 4.78 is 5.50. The van der Waals surface area contributed by atoms with Crippen LogP contribution in [0.1, 0.15) is 27.2 Å². The van der Waals surface area contributed by atoms with E-state index in [4.69, 9.17) is 4.74 Å². The summed E-state index contributed by atoms with van der Waals surface area (Å²) in [5, 5.41) is 3.50. The minimum absolute atomic E-state index is 0.351. The fraction of sp³-hybridized carbons (Fsp3) is 1.00. The predicted molar refractivity (Wildman–Crippen MR) is 66.6 cm³/mol. The first-order valence-electron chi connectivity index (χ1n) is 6.43. The summed E-state index contributed by atoms with van der Waals surface area (Å²) in [6.45, 7) is 12.4.